The third-order valence-electron chi connectivity index (χ3n) is 6.05. The molecule has 33 heavy (non-hydrogen) atoms. The highest BCUT2D eigenvalue weighted by Gasteiger charge is 2.44. The van der Waals surface area contributed by atoms with Crippen LogP contribution in [0.1, 0.15) is 38.2 Å². The monoisotopic (exact) mass is 503 g/mol. The molecule has 1 atom stereocenters. The smallest absolute Gasteiger partial charge is 0.162 e. The quantitative estimate of drug-likeness (QED) is 0.509. The van der Waals surface area contributed by atoms with Crippen molar-refractivity contribution in [3.05, 3.63) is 93.9 Å². The highest BCUT2D eigenvalue weighted by atomic mass is 79.9. The van der Waals surface area contributed by atoms with Crippen molar-refractivity contribution >= 4 is 27.4 Å². The zero-order chi connectivity index (χ0) is 23.8. The van der Waals surface area contributed by atoms with Gasteiger partial charge in [-0.2, -0.15) is 5.26 Å². The van der Waals surface area contributed by atoms with Gasteiger partial charge in [0.1, 0.15) is 18.2 Å². The minimum absolute atomic E-state index is 0.0561. The molecule has 0 unspecified atom stereocenters. The van der Waals surface area contributed by atoms with Crippen molar-refractivity contribution in [1.29, 1.82) is 5.26 Å². The summed E-state index contributed by atoms with van der Waals surface area (Å²) in [5.74, 6) is 0.613. The molecule has 0 saturated carbocycles. The average molecular weight is 504 g/mol. The van der Waals surface area contributed by atoms with Crippen molar-refractivity contribution in [3.8, 4) is 11.8 Å². The van der Waals surface area contributed by atoms with E-state index in [0.717, 1.165) is 21.4 Å². The van der Waals surface area contributed by atoms with Gasteiger partial charge in [-0.1, -0.05) is 54.6 Å². The second-order valence-electron chi connectivity index (χ2n) is 9.13. The minimum Gasteiger partial charge on any atom is -0.490 e. The zero-order valence-corrected chi connectivity index (χ0v) is 20.4. The van der Waals surface area contributed by atoms with Gasteiger partial charge in [-0.05, 0) is 53.8 Å². The highest BCUT2D eigenvalue weighted by Crippen LogP contribution is 2.50. The number of Topliss-reactive ketones (excluding diaryl/α,β-unsaturated/α-hetero) is 1. The lowest BCUT2D eigenvalue weighted by atomic mass is 9.68. The zero-order valence-electron chi connectivity index (χ0n) is 18.8. The normalized spacial score (nSPS) is 19.8. The summed E-state index contributed by atoms with van der Waals surface area (Å²) in [4.78, 5) is 15.4. The Morgan fingerprint density at radius 3 is 2.48 bits per heavy atom. The number of nitrogens with zero attached hydrogens (tertiary/aromatic N) is 2. The summed E-state index contributed by atoms with van der Waals surface area (Å²) in [6, 6.07) is 17.6. The van der Waals surface area contributed by atoms with Crippen LogP contribution in [-0.2, 0) is 4.79 Å². The van der Waals surface area contributed by atoms with Crippen LogP contribution in [0, 0.1) is 16.7 Å². The first kappa shape index (κ1) is 22.9. The third kappa shape index (κ3) is 4.34. The number of nitriles is 1. The number of rotatable bonds is 5. The lowest BCUT2D eigenvalue weighted by Gasteiger charge is -2.43. The van der Waals surface area contributed by atoms with Crippen LogP contribution in [0.15, 0.2) is 88.3 Å². The summed E-state index contributed by atoms with van der Waals surface area (Å²) < 4.78 is 6.54. The van der Waals surface area contributed by atoms with Gasteiger partial charge in [0, 0.05) is 27.9 Å². The van der Waals surface area contributed by atoms with Gasteiger partial charge < -0.3 is 10.5 Å². The molecule has 0 aromatic heterocycles. The second kappa shape index (κ2) is 8.92. The van der Waals surface area contributed by atoms with Gasteiger partial charge >= 0.3 is 0 Å². The Labute approximate surface area is 203 Å². The van der Waals surface area contributed by atoms with Gasteiger partial charge in [0.05, 0.1) is 17.6 Å². The molecule has 168 valence electrons. The minimum atomic E-state index is -0.506. The lowest BCUT2D eigenvalue weighted by Crippen LogP contribution is -2.42. The van der Waals surface area contributed by atoms with E-state index in [1.165, 1.54) is 0 Å². The maximum atomic E-state index is 13.5. The van der Waals surface area contributed by atoms with Crippen molar-refractivity contribution < 1.29 is 9.53 Å². The number of nitrogens with two attached hydrogens (primary N) is 1. The van der Waals surface area contributed by atoms with Crippen LogP contribution in [0.5, 0.6) is 5.75 Å². The van der Waals surface area contributed by atoms with Crippen LogP contribution in [0.3, 0.4) is 0 Å². The number of hydrogen-bond acceptors (Lipinski definition) is 5. The van der Waals surface area contributed by atoms with Crippen LogP contribution < -0.4 is 15.4 Å². The van der Waals surface area contributed by atoms with Crippen LogP contribution in [0.25, 0.3) is 0 Å². The SMILES string of the molecule is C=CCOc1ccc([C@H]2C(C#N)=C(N)N(c3ccc(Br)cc3)C3=C2C(=O)CC(C)(C)C3)cc1. The fourth-order valence-electron chi connectivity index (χ4n) is 4.64. The van der Waals surface area contributed by atoms with Crippen molar-refractivity contribution in [2.75, 3.05) is 11.5 Å². The Kier molecular flexibility index (Phi) is 6.18. The van der Waals surface area contributed by atoms with E-state index >= 15 is 0 Å². The van der Waals surface area contributed by atoms with Gasteiger partial charge in [0.2, 0.25) is 0 Å². The summed E-state index contributed by atoms with van der Waals surface area (Å²) in [6.45, 7) is 8.26. The number of carbonyl (C=O) groups is 1. The van der Waals surface area contributed by atoms with Crippen molar-refractivity contribution in [2.45, 2.75) is 32.6 Å². The van der Waals surface area contributed by atoms with Gasteiger partial charge in [-0.25, -0.2) is 0 Å². The number of allylic oxidation sites excluding steroid dienone is 3. The van der Waals surface area contributed by atoms with E-state index in [0.29, 0.717) is 42.2 Å². The molecule has 0 bridgehead atoms. The molecule has 1 heterocycles. The van der Waals surface area contributed by atoms with Gasteiger partial charge in [-0.15, -0.1) is 0 Å². The van der Waals surface area contributed by atoms with Crippen molar-refractivity contribution in [2.24, 2.45) is 11.1 Å². The molecule has 0 spiro atoms. The van der Waals surface area contributed by atoms with E-state index < -0.39 is 5.92 Å². The van der Waals surface area contributed by atoms with E-state index in [9.17, 15) is 10.1 Å². The number of benzene rings is 2. The first-order valence-corrected chi connectivity index (χ1v) is 11.6. The number of halogens is 1. The van der Waals surface area contributed by atoms with Crippen LogP contribution in [0.4, 0.5) is 5.69 Å². The maximum absolute atomic E-state index is 13.5. The van der Waals surface area contributed by atoms with E-state index in [4.69, 9.17) is 10.5 Å². The van der Waals surface area contributed by atoms with E-state index in [1.54, 1.807) is 6.08 Å². The Morgan fingerprint density at radius 2 is 1.88 bits per heavy atom. The average Bonchev–Trinajstić information content (AvgIpc) is 2.77. The molecule has 5 nitrogen and oxygen atoms in total. The molecule has 1 aliphatic carbocycles. The molecule has 4 rings (SSSR count). The van der Waals surface area contributed by atoms with Crippen molar-refractivity contribution in [1.82, 2.24) is 0 Å². The number of hydrogen-bond donors (Lipinski definition) is 1. The van der Waals surface area contributed by atoms with E-state index in [1.807, 2.05) is 53.4 Å². The fraction of sp³-hybridized carbons (Fsp3) is 0.259. The maximum Gasteiger partial charge on any atom is 0.162 e. The molecule has 0 amide bonds. The van der Waals surface area contributed by atoms with E-state index in [2.05, 4.69) is 42.4 Å². The van der Waals surface area contributed by atoms with Crippen molar-refractivity contribution in [3.63, 3.8) is 0 Å². The molecule has 2 aromatic rings. The summed E-state index contributed by atoms with van der Waals surface area (Å²) >= 11 is 3.47. The van der Waals surface area contributed by atoms with Crippen LogP contribution in [0.2, 0.25) is 0 Å². The molecule has 1 aliphatic heterocycles. The fourth-order valence-corrected chi connectivity index (χ4v) is 4.90. The Morgan fingerprint density at radius 1 is 1.21 bits per heavy atom. The summed E-state index contributed by atoms with van der Waals surface area (Å²) in [6.07, 6.45) is 2.79. The van der Waals surface area contributed by atoms with Crippen LogP contribution >= 0.6 is 15.9 Å². The molecule has 2 aliphatic rings. The first-order valence-electron chi connectivity index (χ1n) is 10.8. The number of ketones is 1. The Balaban J connectivity index is 1.89. The first-order chi connectivity index (χ1) is 15.8. The highest BCUT2D eigenvalue weighted by molar-refractivity contribution is 9.10. The van der Waals surface area contributed by atoms with E-state index in [-0.39, 0.29) is 11.2 Å². The molecule has 0 saturated heterocycles. The van der Waals surface area contributed by atoms with Gasteiger partial charge in [-0.3, -0.25) is 9.69 Å². The second-order valence-corrected chi connectivity index (χ2v) is 10.0. The predicted octanol–water partition coefficient (Wildman–Crippen LogP) is 5.95. The van der Waals surface area contributed by atoms with Gasteiger partial charge in [0.15, 0.2) is 5.78 Å². The molecule has 0 fully saturated rings. The van der Waals surface area contributed by atoms with Gasteiger partial charge in [0.25, 0.3) is 0 Å². The number of anilines is 1. The molecule has 6 heteroatoms. The Hall–Kier alpha value is -3.30. The Bertz CT molecular complexity index is 1200. The third-order valence-corrected chi connectivity index (χ3v) is 6.58. The molecular weight excluding hydrogens is 478 g/mol. The lowest BCUT2D eigenvalue weighted by molar-refractivity contribution is -0.118. The largest absolute Gasteiger partial charge is 0.490 e. The number of ether oxygens (including phenoxy) is 1. The summed E-state index contributed by atoms with van der Waals surface area (Å²) in [5, 5.41) is 10.2. The molecule has 0 radical (unpaired) electrons. The van der Waals surface area contributed by atoms with Crippen LogP contribution in [-0.4, -0.2) is 12.4 Å². The summed E-state index contributed by atoms with van der Waals surface area (Å²) in [7, 11) is 0. The summed E-state index contributed by atoms with van der Waals surface area (Å²) in [5.41, 5.74) is 10.0. The molecular formula is C27H26BrN3O2. The topological polar surface area (TPSA) is 79.3 Å². The number of carbonyl (C=O) groups excluding carboxylic acids is 1. The predicted molar refractivity (Wildman–Crippen MR) is 133 cm³/mol. The standard InChI is InChI=1S/C27H26BrN3O2/c1-4-13-33-20-11-5-17(6-12-20)24-21(16-29)26(30)31(19-9-7-18(28)8-10-19)22-14-27(2,3)15-23(32)25(22)24/h4-12,24H,1,13-15,30H2,2-3H3/t24-/m0/s1. The molecule has 2 N–H and O–H groups in total. The molecule has 2 aromatic carbocycles.